The molecule has 2 unspecified atom stereocenters. The van der Waals surface area contributed by atoms with Gasteiger partial charge >= 0.3 is 5.97 Å². The fraction of sp³-hybridized carbons (Fsp3) is 0.429. The second-order valence-electron chi connectivity index (χ2n) is 4.91. The minimum atomic E-state index is -0.527. The summed E-state index contributed by atoms with van der Waals surface area (Å²) in [4.78, 5) is 23.9. The van der Waals surface area contributed by atoms with Crippen LogP contribution in [-0.2, 0) is 9.53 Å². The first kappa shape index (κ1) is 14.8. The van der Waals surface area contributed by atoms with Crippen molar-refractivity contribution in [1.82, 2.24) is 5.32 Å². The molecule has 6 heteroatoms. The minimum absolute atomic E-state index is 0.101. The number of ether oxygens (including phenoxy) is 1. The Hall–Kier alpha value is -1.59. The first-order chi connectivity index (χ1) is 9.52. The third-order valence-corrected chi connectivity index (χ3v) is 3.73. The van der Waals surface area contributed by atoms with E-state index in [4.69, 9.17) is 16.3 Å². The molecular formula is C14H17ClN2O3. The lowest BCUT2D eigenvalue weighted by Gasteiger charge is -2.16. The van der Waals surface area contributed by atoms with E-state index in [2.05, 4.69) is 10.6 Å². The first-order valence-corrected chi connectivity index (χ1v) is 6.80. The lowest BCUT2D eigenvalue weighted by Crippen LogP contribution is -2.28. The van der Waals surface area contributed by atoms with E-state index in [0.717, 1.165) is 6.54 Å². The number of hydrogen-bond donors (Lipinski definition) is 2. The molecule has 0 bridgehead atoms. The zero-order chi connectivity index (χ0) is 14.7. The molecule has 5 nitrogen and oxygen atoms in total. The van der Waals surface area contributed by atoms with Gasteiger partial charge in [-0.2, -0.15) is 0 Å². The molecule has 2 N–H and O–H groups in total. The number of benzene rings is 1. The lowest BCUT2D eigenvalue weighted by molar-refractivity contribution is -0.120. The number of esters is 1. The van der Waals surface area contributed by atoms with Gasteiger partial charge in [-0.3, -0.25) is 4.79 Å². The van der Waals surface area contributed by atoms with Crippen molar-refractivity contribution in [1.29, 1.82) is 0 Å². The predicted molar refractivity (Wildman–Crippen MR) is 76.9 cm³/mol. The summed E-state index contributed by atoms with van der Waals surface area (Å²) < 4.78 is 4.70. The van der Waals surface area contributed by atoms with Crippen LogP contribution in [0.15, 0.2) is 18.2 Å². The highest BCUT2D eigenvalue weighted by Gasteiger charge is 2.30. The number of nitrogens with one attached hydrogen (secondary N) is 2. The fourth-order valence-corrected chi connectivity index (χ4v) is 2.46. The van der Waals surface area contributed by atoms with E-state index in [1.807, 2.05) is 6.92 Å². The van der Waals surface area contributed by atoms with Gasteiger partial charge in [0.2, 0.25) is 5.91 Å². The zero-order valence-electron chi connectivity index (χ0n) is 11.4. The smallest absolute Gasteiger partial charge is 0.340 e. The summed E-state index contributed by atoms with van der Waals surface area (Å²) in [5, 5.41) is 6.38. The average molecular weight is 297 g/mol. The van der Waals surface area contributed by atoms with Crippen molar-refractivity contribution in [3.63, 3.8) is 0 Å². The van der Waals surface area contributed by atoms with Crippen molar-refractivity contribution in [3.05, 3.63) is 28.8 Å². The Morgan fingerprint density at radius 1 is 1.40 bits per heavy atom. The molecule has 2 rings (SSSR count). The van der Waals surface area contributed by atoms with Gasteiger partial charge in [0.05, 0.1) is 24.3 Å². The van der Waals surface area contributed by atoms with Crippen molar-refractivity contribution in [2.24, 2.45) is 11.8 Å². The summed E-state index contributed by atoms with van der Waals surface area (Å²) in [6.07, 6.45) is 0. The van der Waals surface area contributed by atoms with Crippen molar-refractivity contribution in [2.75, 3.05) is 25.5 Å². The highest BCUT2D eigenvalue weighted by Crippen LogP contribution is 2.24. The Morgan fingerprint density at radius 2 is 2.15 bits per heavy atom. The van der Waals surface area contributed by atoms with Crippen LogP contribution in [0.2, 0.25) is 5.02 Å². The topological polar surface area (TPSA) is 67.4 Å². The van der Waals surface area contributed by atoms with Crippen LogP contribution in [0.4, 0.5) is 5.69 Å². The van der Waals surface area contributed by atoms with E-state index in [-0.39, 0.29) is 23.3 Å². The predicted octanol–water partition coefficient (Wildman–Crippen LogP) is 1.92. The maximum absolute atomic E-state index is 12.2. The minimum Gasteiger partial charge on any atom is -0.465 e. The molecular weight excluding hydrogens is 280 g/mol. The average Bonchev–Trinajstić information content (AvgIpc) is 2.86. The molecule has 1 heterocycles. The van der Waals surface area contributed by atoms with Gasteiger partial charge in [-0.1, -0.05) is 18.5 Å². The van der Waals surface area contributed by atoms with E-state index < -0.39 is 5.97 Å². The number of rotatable bonds is 3. The summed E-state index contributed by atoms with van der Waals surface area (Å²) in [5.74, 6) is -0.463. The maximum atomic E-state index is 12.2. The summed E-state index contributed by atoms with van der Waals surface area (Å²) in [5.41, 5.74) is 0.678. The summed E-state index contributed by atoms with van der Waals surface area (Å²) in [7, 11) is 1.29. The van der Waals surface area contributed by atoms with E-state index in [1.54, 1.807) is 12.1 Å². The Morgan fingerprint density at radius 3 is 2.75 bits per heavy atom. The molecule has 1 aromatic rings. The molecule has 1 aliphatic rings. The number of anilines is 1. The van der Waals surface area contributed by atoms with E-state index in [1.165, 1.54) is 13.2 Å². The normalized spacial score (nSPS) is 21.6. The molecule has 1 saturated heterocycles. The van der Waals surface area contributed by atoms with Crippen LogP contribution in [0, 0.1) is 11.8 Å². The fourth-order valence-electron chi connectivity index (χ4n) is 2.29. The summed E-state index contributed by atoms with van der Waals surface area (Å²) in [6.45, 7) is 3.49. The van der Waals surface area contributed by atoms with Crippen LogP contribution in [0.25, 0.3) is 0 Å². The molecule has 20 heavy (non-hydrogen) atoms. The molecule has 1 amide bonds. The number of carbonyl (C=O) groups excluding carboxylic acids is 2. The number of amides is 1. The van der Waals surface area contributed by atoms with Gasteiger partial charge in [-0.15, -0.1) is 0 Å². The Kier molecular flexibility index (Phi) is 4.62. The van der Waals surface area contributed by atoms with Crippen LogP contribution >= 0.6 is 11.6 Å². The second kappa shape index (κ2) is 6.24. The second-order valence-corrected chi connectivity index (χ2v) is 5.35. The van der Waals surface area contributed by atoms with Gasteiger partial charge in [0.15, 0.2) is 0 Å². The molecule has 1 aliphatic heterocycles. The summed E-state index contributed by atoms with van der Waals surface area (Å²) in [6, 6.07) is 4.72. The van der Waals surface area contributed by atoms with Gasteiger partial charge in [0, 0.05) is 11.6 Å². The third-order valence-electron chi connectivity index (χ3n) is 3.50. The highest BCUT2D eigenvalue weighted by molar-refractivity contribution is 6.31. The molecule has 0 saturated carbocycles. The van der Waals surface area contributed by atoms with Gasteiger partial charge in [0.1, 0.15) is 0 Å². The van der Waals surface area contributed by atoms with Gasteiger partial charge in [0.25, 0.3) is 0 Å². The maximum Gasteiger partial charge on any atom is 0.340 e. The van der Waals surface area contributed by atoms with Gasteiger partial charge in [-0.25, -0.2) is 4.79 Å². The Labute approximate surface area is 122 Å². The quantitative estimate of drug-likeness (QED) is 0.836. The highest BCUT2D eigenvalue weighted by atomic mass is 35.5. The first-order valence-electron chi connectivity index (χ1n) is 6.42. The molecule has 2 atom stereocenters. The van der Waals surface area contributed by atoms with E-state index >= 15 is 0 Å². The monoisotopic (exact) mass is 296 g/mol. The van der Waals surface area contributed by atoms with E-state index in [0.29, 0.717) is 17.3 Å². The zero-order valence-corrected chi connectivity index (χ0v) is 12.2. The van der Waals surface area contributed by atoms with Crippen LogP contribution in [-0.4, -0.2) is 32.1 Å². The third kappa shape index (κ3) is 3.11. The van der Waals surface area contributed by atoms with Crippen LogP contribution in [0.1, 0.15) is 17.3 Å². The van der Waals surface area contributed by atoms with Crippen molar-refractivity contribution in [2.45, 2.75) is 6.92 Å². The molecule has 0 radical (unpaired) electrons. The molecule has 108 valence electrons. The van der Waals surface area contributed by atoms with Crippen LogP contribution in [0.5, 0.6) is 0 Å². The molecule has 1 aromatic carbocycles. The number of halogens is 1. The number of methoxy groups -OCH3 is 1. The lowest BCUT2D eigenvalue weighted by atomic mass is 9.97. The van der Waals surface area contributed by atoms with Gasteiger partial charge < -0.3 is 15.4 Å². The standard InChI is InChI=1S/C14H17ClN2O3/c1-8-6-16-7-11(8)13(18)17-12-4-3-9(15)5-10(12)14(19)20-2/h3-5,8,11,16H,6-7H2,1-2H3,(H,17,18). The molecule has 1 fully saturated rings. The Bertz CT molecular complexity index is 533. The molecule has 0 aliphatic carbocycles. The summed E-state index contributed by atoms with van der Waals surface area (Å²) >= 11 is 5.87. The van der Waals surface area contributed by atoms with E-state index in [9.17, 15) is 9.59 Å². The van der Waals surface area contributed by atoms with Crippen LogP contribution in [0.3, 0.4) is 0 Å². The molecule has 0 aromatic heterocycles. The van der Waals surface area contributed by atoms with Crippen molar-refractivity contribution < 1.29 is 14.3 Å². The number of hydrogen-bond acceptors (Lipinski definition) is 4. The van der Waals surface area contributed by atoms with Crippen molar-refractivity contribution in [3.8, 4) is 0 Å². The van der Waals surface area contributed by atoms with Crippen molar-refractivity contribution >= 4 is 29.2 Å². The molecule has 0 spiro atoms. The number of carbonyl (C=O) groups is 2. The SMILES string of the molecule is COC(=O)c1cc(Cl)ccc1NC(=O)C1CNCC1C. The van der Waals surface area contributed by atoms with Crippen LogP contribution < -0.4 is 10.6 Å². The van der Waals surface area contributed by atoms with Gasteiger partial charge in [-0.05, 0) is 30.7 Å². The largest absolute Gasteiger partial charge is 0.465 e. The Balaban J connectivity index is 2.20.